The van der Waals surface area contributed by atoms with E-state index in [1.165, 1.54) is 77.6 Å². The Hall–Kier alpha value is -0.460. The average Bonchev–Trinajstić information content (AvgIpc) is 2.70. The van der Waals surface area contributed by atoms with E-state index in [2.05, 4.69) is 6.92 Å². The number of carbonyl (C=O) groups is 1. The Kier molecular flexibility index (Phi) is 19.5. The molecule has 7 nitrogen and oxygen atoms in total. The highest BCUT2D eigenvalue weighted by molar-refractivity contribution is 7.45. The van der Waals surface area contributed by atoms with Gasteiger partial charge in [-0.05, 0) is 6.42 Å². The Morgan fingerprint density at radius 1 is 0.848 bits per heavy atom. The van der Waals surface area contributed by atoms with Gasteiger partial charge in [-0.1, -0.05) is 96.8 Å². The topological polar surface area (TPSA) is 84.9 Å². The van der Waals surface area contributed by atoms with Crippen LogP contribution in [0.1, 0.15) is 110 Å². The van der Waals surface area contributed by atoms with Gasteiger partial charge >= 0.3 is 5.97 Å². The third kappa shape index (κ3) is 24.5. The van der Waals surface area contributed by atoms with Crippen molar-refractivity contribution in [1.29, 1.82) is 0 Å². The molecule has 0 bridgehead atoms. The normalized spacial score (nSPS) is 14.7. The van der Waals surface area contributed by atoms with Crippen LogP contribution in [0.3, 0.4) is 0 Å². The van der Waals surface area contributed by atoms with E-state index in [1.54, 1.807) is 0 Å². The van der Waals surface area contributed by atoms with Crippen LogP contribution in [0.25, 0.3) is 0 Å². The average molecular weight is 494 g/mol. The third-order valence-corrected chi connectivity index (χ3v) is 6.70. The van der Waals surface area contributed by atoms with E-state index >= 15 is 0 Å². The first-order valence-electron chi connectivity index (χ1n) is 13.1. The second kappa shape index (κ2) is 19.8. The lowest BCUT2D eigenvalue weighted by atomic mass is 10.0. The number of phosphoric ester groups is 1. The smallest absolute Gasteiger partial charge is 0.302 e. The molecular formula is C25H52NO6P. The van der Waals surface area contributed by atoms with Gasteiger partial charge in [0.25, 0.3) is 7.82 Å². The lowest BCUT2D eigenvalue weighted by Crippen LogP contribution is -2.37. The van der Waals surface area contributed by atoms with E-state index in [9.17, 15) is 14.3 Å². The predicted octanol–water partition coefficient (Wildman–Crippen LogP) is 6.00. The summed E-state index contributed by atoms with van der Waals surface area (Å²) in [7, 11) is 1.44. The fourth-order valence-electron chi connectivity index (χ4n) is 3.58. The Morgan fingerprint density at radius 3 is 1.73 bits per heavy atom. The molecule has 0 N–H and O–H groups in total. The zero-order valence-electron chi connectivity index (χ0n) is 22.1. The second-order valence-corrected chi connectivity index (χ2v) is 11.6. The predicted molar refractivity (Wildman–Crippen MR) is 133 cm³/mol. The van der Waals surface area contributed by atoms with Crippen molar-refractivity contribution in [3.05, 3.63) is 0 Å². The molecule has 8 heteroatoms. The molecule has 0 saturated carbocycles. The number of hydrogen-bond acceptors (Lipinski definition) is 6. The molecule has 0 aromatic heterocycles. The maximum Gasteiger partial charge on any atom is 0.302 e. The van der Waals surface area contributed by atoms with Crippen LogP contribution in [-0.4, -0.2) is 57.5 Å². The van der Waals surface area contributed by atoms with Gasteiger partial charge in [-0.15, -0.1) is 0 Å². The van der Waals surface area contributed by atoms with E-state index in [-0.39, 0.29) is 13.2 Å². The van der Waals surface area contributed by atoms with Crippen LogP contribution < -0.4 is 4.89 Å². The summed E-state index contributed by atoms with van der Waals surface area (Å²) in [5.41, 5.74) is 0. The van der Waals surface area contributed by atoms with Crippen molar-refractivity contribution in [2.24, 2.45) is 0 Å². The van der Waals surface area contributed by atoms with E-state index in [0.29, 0.717) is 17.4 Å². The van der Waals surface area contributed by atoms with Gasteiger partial charge in [0.2, 0.25) is 0 Å². The summed E-state index contributed by atoms with van der Waals surface area (Å²) >= 11 is 0. The standard InChI is InChI=1S/C25H52NO6P/c1-6-7-8-9-10-11-12-13-14-15-16-17-18-19-20-25(23-30-24(2)27)32-33(28,29)31-22-21-26(3,4)5/h25H,6-23H2,1-5H3. The molecule has 2 unspecified atom stereocenters. The first-order chi connectivity index (χ1) is 15.6. The first kappa shape index (κ1) is 32.5. The van der Waals surface area contributed by atoms with Gasteiger partial charge in [-0.25, -0.2) is 0 Å². The SMILES string of the molecule is CCCCCCCCCCCCCCCCC(COC(C)=O)OP(=O)([O-])OCC[N+](C)(C)C. The van der Waals surface area contributed by atoms with Crippen molar-refractivity contribution in [3.63, 3.8) is 0 Å². The Balaban J connectivity index is 3.95. The van der Waals surface area contributed by atoms with Gasteiger partial charge in [-0.2, -0.15) is 0 Å². The number of unbranched alkanes of at least 4 members (excludes halogenated alkanes) is 13. The van der Waals surface area contributed by atoms with Crippen LogP contribution in [-0.2, 0) is 23.1 Å². The number of nitrogens with zero attached hydrogens (tertiary/aromatic N) is 1. The number of ether oxygens (including phenoxy) is 1. The summed E-state index contributed by atoms with van der Waals surface area (Å²) in [5, 5.41) is 0. The first-order valence-corrected chi connectivity index (χ1v) is 14.6. The molecule has 0 aliphatic heterocycles. The number of esters is 1. The molecule has 0 heterocycles. The minimum absolute atomic E-state index is 0.0589. The van der Waals surface area contributed by atoms with Crippen LogP contribution in [0.2, 0.25) is 0 Å². The summed E-state index contributed by atoms with van der Waals surface area (Å²) in [6.45, 7) is 4.09. The van der Waals surface area contributed by atoms with Crippen molar-refractivity contribution in [1.82, 2.24) is 0 Å². The molecule has 0 aliphatic carbocycles. The highest BCUT2D eigenvalue weighted by Gasteiger charge is 2.20. The van der Waals surface area contributed by atoms with Crippen molar-refractivity contribution in [2.45, 2.75) is 116 Å². The van der Waals surface area contributed by atoms with Gasteiger partial charge in [0.1, 0.15) is 25.9 Å². The molecule has 0 amide bonds. The Bertz CT molecular complexity index is 524. The summed E-state index contributed by atoms with van der Waals surface area (Å²) in [4.78, 5) is 23.3. The fraction of sp³-hybridized carbons (Fsp3) is 0.960. The minimum Gasteiger partial charge on any atom is -0.756 e. The number of rotatable bonds is 23. The molecule has 33 heavy (non-hydrogen) atoms. The largest absolute Gasteiger partial charge is 0.756 e. The van der Waals surface area contributed by atoms with Crippen LogP contribution >= 0.6 is 7.82 Å². The summed E-state index contributed by atoms with van der Waals surface area (Å²) < 4.78 is 27.9. The summed E-state index contributed by atoms with van der Waals surface area (Å²) in [6, 6.07) is 0. The number of phosphoric acid groups is 1. The van der Waals surface area contributed by atoms with E-state index in [1.807, 2.05) is 21.1 Å². The number of hydrogen-bond donors (Lipinski definition) is 0. The molecule has 0 aromatic rings. The minimum atomic E-state index is -4.43. The lowest BCUT2D eigenvalue weighted by Gasteiger charge is -2.30. The quantitative estimate of drug-likeness (QED) is 0.0751. The molecule has 0 radical (unpaired) electrons. The van der Waals surface area contributed by atoms with Gasteiger partial charge in [0, 0.05) is 6.92 Å². The molecule has 0 spiro atoms. The van der Waals surface area contributed by atoms with Crippen molar-refractivity contribution in [3.8, 4) is 0 Å². The fourth-order valence-corrected chi connectivity index (χ4v) is 4.48. The molecular weight excluding hydrogens is 441 g/mol. The maximum atomic E-state index is 12.2. The van der Waals surface area contributed by atoms with E-state index < -0.39 is 19.9 Å². The van der Waals surface area contributed by atoms with E-state index in [0.717, 1.165) is 19.3 Å². The van der Waals surface area contributed by atoms with Crippen LogP contribution in [0.15, 0.2) is 0 Å². The number of quaternary nitrogens is 1. The van der Waals surface area contributed by atoms with Gasteiger partial charge in [0.15, 0.2) is 0 Å². The molecule has 0 fully saturated rings. The maximum absolute atomic E-state index is 12.2. The van der Waals surface area contributed by atoms with Gasteiger partial charge in [0.05, 0.1) is 21.1 Å². The highest BCUT2D eigenvalue weighted by Crippen LogP contribution is 2.40. The van der Waals surface area contributed by atoms with Crippen LogP contribution in [0, 0.1) is 0 Å². The van der Waals surface area contributed by atoms with Gasteiger partial charge < -0.3 is 23.2 Å². The summed E-state index contributed by atoms with van der Waals surface area (Å²) in [6.07, 6.45) is 17.5. The van der Waals surface area contributed by atoms with E-state index in [4.69, 9.17) is 13.8 Å². The molecule has 2 atom stereocenters. The monoisotopic (exact) mass is 493 g/mol. The second-order valence-electron chi connectivity index (χ2n) is 10.2. The number of likely N-dealkylation sites (N-methyl/N-ethyl adjacent to an activating group) is 1. The molecule has 0 rings (SSSR count). The van der Waals surface area contributed by atoms with Crippen LogP contribution in [0.5, 0.6) is 0 Å². The van der Waals surface area contributed by atoms with Crippen molar-refractivity contribution >= 4 is 13.8 Å². The Morgan fingerprint density at radius 2 is 1.30 bits per heavy atom. The Labute approximate surface area is 203 Å². The molecule has 0 aromatic carbocycles. The highest BCUT2D eigenvalue weighted by atomic mass is 31.2. The molecule has 198 valence electrons. The van der Waals surface area contributed by atoms with Crippen LogP contribution in [0.4, 0.5) is 0 Å². The zero-order valence-corrected chi connectivity index (χ0v) is 23.0. The third-order valence-electron chi connectivity index (χ3n) is 5.64. The molecule has 0 saturated heterocycles. The zero-order chi connectivity index (χ0) is 25.0. The van der Waals surface area contributed by atoms with Crippen molar-refractivity contribution < 1.29 is 32.5 Å². The molecule has 0 aliphatic rings. The van der Waals surface area contributed by atoms with Gasteiger partial charge in [-0.3, -0.25) is 9.36 Å². The lowest BCUT2D eigenvalue weighted by molar-refractivity contribution is -0.870. The number of carbonyl (C=O) groups excluding carboxylic acids is 1. The summed E-state index contributed by atoms with van der Waals surface area (Å²) in [5.74, 6) is -0.448. The van der Waals surface area contributed by atoms with Crippen molar-refractivity contribution in [2.75, 3.05) is 40.9 Å².